The van der Waals surface area contributed by atoms with Gasteiger partial charge in [0.15, 0.2) is 17.1 Å². The maximum Gasteiger partial charge on any atom is 0.332 e. The van der Waals surface area contributed by atoms with E-state index in [1.807, 2.05) is 18.2 Å². The van der Waals surface area contributed by atoms with Crippen molar-refractivity contribution >= 4 is 5.97 Å². The molecule has 3 heterocycles. The molecular formula is C25H27NO5. The zero-order chi connectivity index (χ0) is 21.8. The molecular weight excluding hydrogens is 394 g/mol. The largest absolute Gasteiger partial charge is 0.493 e. The van der Waals surface area contributed by atoms with E-state index in [9.17, 15) is 4.79 Å². The first-order valence-corrected chi connectivity index (χ1v) is 10.7. The van der Waals surface area contributed by atoms with Gasteiger partial charge in [-0.05, 0) is 38.0 Å². The van der Waals surface area contributed by atoms with Gasteiger partial charge in [0, 0.05) is 48.4 Å². The highest BCUT2D eigenvalue weighted by atomic mass is 16.6. The van der Waals surface area contributed by atoms with Crippen LogP contribution in [0.25, 0.3) is 0 Å². The van der Waals surface area contributed by atoms with Crippen molar-refractivity contribution in [2.75, 3.05) is 21.3 Å². The number of ether oxygens (including phenoxy) is 4. The highest BCUT2D eigenvalue weighted by Crippen LogP contribution is 2.56. The Hall–Kier alpha value is -2.75. The zero-order valence-corrected chi connectivity index (χ0v) is 18.3. The van der Waals surface area contributed by atoms with Crippen molar-refractivity contribution in [3.8, 4) is 23.3 Å². The topological polar surface area (TPSA) is 57.2 Å². The molecule has 2 saturated heterocycles. The van der Waals surface area contributed by atoms with Gasteiger partial charge in [0.2, 0.25) is 0 Å². The number of nitrogens with zero attached hydrogens (tertiary/aromatic N) is 1. The summed E-state index contributed by atoms with van der Waals surface area (Å²) in [6.45, 7) is 2.12. The van der Waals surface area contributed by atoms with Gasteiger partial charge in [-0.15, -0.1) is 0 Å². The van der Waals surface area contributed by atoms with Gasteiger partial charge in [0.25, 0.3) is 0 Å². The van der Waals surface area contributed by atoms with E-state index in [1.165, 1.54) is 0 Å². The molecule has 0 saturated carbocycles. The van der Waals surface area contributed by atoms with Crippen molar-refractivity contribution in [2.45, 2.75) is 56.0 Å². The maximum absolute atomic E-state index is 12.4. The molecule has 6 heteroatoms. The molecule has 5 atom stereocenters. The van der Waals surface area contributed by atoms with Gasteiger partial charge < -0.3 is 18.9 Å². The monoisotopic (exact) mass is 421 g/mol. The molecule has 2 fully saturated rings. The zero-order valence-electron chi connectivity index (χ0n) is 18.3. The summed E-state index contributed by atoms with van der Waals surface area (Å²) in [7, 11) is 4.98. The summed E-state index contributed by atoms with van der Waals surface area (Å²) in [5.74, 6) is 7.60. The van der Waals surface area contributed by atoms with E-state index in [4.69, 9.17) is 18.9 Å². The number of hydrogen-bond donors (Lipinski definition) is 0. The van der Waals surface area contributed by atoms with Gasteiger partial charge in [-0.2, -0.15) is 0 Å². The van der Waals surface area contributed by atoms with E-state index in [2.05, 4.69) is 29.7 Å². The quantitative estimate of drug-likeness (QED) is 0.551. The maximum atomic E-state index is 12.4. The Labute approximate surface area is 182 Å². The highest BCUT2D eigenvalue weighted by molar-refractivity contribution is 5.90. The van der Waals surface area contributed by atoms with E-state index in [0.717, 1.165) is 36.0 Å². The number of benzene rings is 1. The van der Waals surface area contributed by atoms with Gasteiger partial charge >= 0.3 is 5.97 Å². The van der Waals surface area contributed by atoms with Crippen LogP contribution in [0.2, 0.25) is 0 Å². The molecule has 1 aromatic carbocycles. The van der Waals surface area contributed by atoms with Crippen LogP contribution in [0.1, 0.15) is 31.7 Å². The molecule has 2 bridgehead atoms. The summed E-state index contributed by atoms with van der Waals surface area (Å²) >= 11 is 0. The first-order valence-electron chi connectivity index (χ1n) is 10.7. The number of hydrogen-bond acceptors (Lipinski definition) is 6. The molecule has 5 rings (SSSR count). The average molecular weight is 421 g/mol. The summed E-state index contributed by atoms with van der Waals surface area (Å²) < 4.78 is 22.4. The van der Waals surface area contributed by atoms with Crippen LogP contribution in [-0.2, 0) is 14.3 Å². The number of carbonyl (C=O) groups is 1. The second kappa shape index (κ2) is 7.44. The van der Waals surface area contributed by atoms with Crippen LogP contribution in [-0.4, -0.2) is 62.0 Å². The van der Waals surface area contributed by atoms with Crippen molar-refractivity contribution in [1.82, 2.24) is 4.90 Å². The van der Waals surface area contributed by atoms with E-state index in [-0.39, 0.29) is 24.2 Å². The lowest BCUT2D eigenvalue weighted by Gasteiger charge is -2.33. The molecule has 0 aromatic heterocycles. The molecule has 1 unspecified atom stereocenters. The number of rotatable bonds is 4. The van der Waals surface area contributed by atoms with Gasteiger partial charge in [-0.25, -0.2) is 4.79 Å². The molecule has 31 heavy (non-hydrogen) atoms. The highest BCUT2D eigenvalue weighted by Gasteiger charge is 2.64. The average Bonchev–Trinajstić information content (AvgIpc) is 3.44. The van der Waals surface area contributed by atoms with E-state index < -0.39 is 5.60 Å². The molecule has 162 valence electrons. The minimum absolute atomic E-state index is 0.125. The van der Waals surface area contributed by atoms with Crippen LogP contribution in [0.4, 0.5) is 0 Å². The fourth-order valence-electron chi connectivity index (χ4n) is 5.79. The Kier molecular flexibility index (Phi) is 4.84. The molecule has 1 aromatic rings. The molecule has 0 amide bonds. The Balaban J connectivity index is 1.52. The SMILES string of the molecule is COc1ccc(C#CC2=C[C@@H]3C[C@@]4(OC(=O)C=C24)[C@H]2CC[C@H](C(C)OC)N32)cc1OC. The molecule has 6 nitrogen and oxygen atoms in total. The predicted molar refractivity (Wildman–Crippen MR) is 115 cm³/mol. The summed E-state index contributed by atoms with van der Waals surface area (Å²) in [5, 5.41) is 0. The summed E-state index contributed by atoms with van der Waals surface area (Å²) in [4.78, 5) is 14.9. The van der Waals surface area contributed by atoms with E-state index >= 15 is 0 Å². The Morgan fingerprint density at radius 2 is 1.97 bits per heavy atom. The van der Waals surface area contributed by atoms with Gasteiger partial charge in [-0.3, -0.25) is 4.90 Å². The lowest BCUT2D eigenvalue weighted by molar-refractivity contribution is -0.147. The number of fused-ring (bicyclic) bond motifs is 3. The van der Waals surface area contributed by atoms with E-state index in [0.29, 0.717) is 17.5 Å². The van der Waals surface area contributed by atoms with Gasteiger partial charge in [0.1, 0.15) is 0 Å². The van der Waals surface area contributed by atoms with Crippen molar-refractivity contribution in [2.24, 2.45) is 0 Å². The normalized spacial score (nSPS) is 31.6. The van der Waals surface area contributed by atoms with Crippen molar-refractivity contribution in [1.29, 1.82) is 0 Å². The molecule has 1 aliphatic carbocycles. The second-order valence-corrected chi connectivity index (χ2v) is 8.59. The van der Waals surface area contributed by atoms with Crippen LogP contribution >= 0.6 is 0 Å². The third-order valence-corrected chi connectivity index (χ3v) is 7.20. The minimum atomic E-state index is -0.583. The van der Waals surface area contributed by atoms with Crippen LogP contribution in [0, 0.1) is 11.8 Å². The van der Waals surface area contributed by atoms with Crippen LogP contribution in [0.5, 0.6) is 11.5 Å². The first-order chi connectivity index (χ1) is 15.0. The summed E-state index contributed by atoms with van der Waals surface area (Å²) in [6, 6.07) is 6.29. The fraction of sp³-hybridized carbons (Fsp3) is 0.480. The number of methoxy groups -OCH3 is 3. The lowest BCUT2D eigenvalue weighted by atomic mass is 9.77. The Bertz CT molecular complexity index is 1050. The number of carbonyl (C=O) groups excluding carboxylic acids is 1. The van der Waals surface area contributed by atoms with Crippen LogP contribution in [0.15, 0.2) is 41.5 Å². The van der Waals surface area contributed by atoms with Gasteiger partial charge in [0.05, 0.1) is 26.4 Å². The fourth-order valence-corrected chi connectivity index (χ4v) is 5.79. The van der Waals surface area contributed by atoms with Crippen LogP contribution < -0.4 is 9.47 Å². The number of esters is 1. The summed E-state index contributed by atoms with van der Waals surface area (Å²) in [5.41, 5.74) is 2.05. The Morgan fingerprint density at radius 3 is 2.71 bits per heavy atom. The Morgan fingerprint density at radius 1 is 1.16 bits per heavy atom. The predicted octanol–water partition coefficient (Wildman–Crippen LogP) is 2.86. The van der Waals surface area contributed by atoms with E-state index in [1.54, 1.807) is 27.4 Å². The molecule has 0 radical (unpaired) electrons. The van der Waals surface area contributed by atoms with Crippen LogP contribution in [0.3, 0.4) is 0 Å². The molecule has 1 spiro atoms. The summed E-state index contributed by atoms with van der Waals surface area (Å²) in [6.07, 6.45) is 6.80. The standard InChI is InChI=1S/C25H27NO5/c1-15(28-2)20-8-10-23-25-14-18(26(20)23)12-17(19(25)13-24(27)31-25)7-5-16-6-9-21(29-3)22(11-16)30-4/h6,9,11-13,15,18,20,23H,8,10,14H2,1-4H3/t15?,18-,20-,23-,25+/m1/s1. The first kappa shape index (κ1) is 20.2. The van der Waals surface area contributed by atoms with Crippen molar-refractivity contribution in [3.63, 3.8) is 0 Å². The van der Waals surface area contributed by atoms with Crippen molar-refractivity contribution < 1.29 is 23.7 Å². The van der Waals surface area contributed by atoms with Crippen molar-refractivity contribution in [3.05, 3.63) is 47.1 Å². The lowest BCUT2D eigenvalue weighted by Crippen LogP contribution is -2.47. The molecule has 3 aliphatic heterocycles. The third kappa shape index (κ3) is 2.99. The molecule has 4 aliphatic rings. The smallest absolute Gasteiger partial charge is 0.332 e. The van der Waals surface area contributed by atoms with Gasteiger partial charge in [-0.1, -0.05) is 17.9 Å². The second-order valence-electron chi connectivity index (χ2n) is 8.59. The molecule has 0 N–H and O–H groups in total. The minimum Gasteiger partial charge on any atom is -0.493 e. The third-order valence-electron chi connectivity index (χ3n) is 7.20.